The summed E-state index contributed by atoms with van der Waals surface area (Å²) in [5.74, 6) is 0.751. The van der Waals surface area contributed by atoms with Crippen molar-refractivity contribution >= 4 is 16.7 Å². The highest BCUT2D eigenvalue weighted by Crippen LogP contribution is 2.16. The zero-order valence-corrected chi connectivity index (χ0v) is 15.9. The lowest BCUT2D eigenvalue weighted by Crippen LogP contribution is -2.12. The standard InChI is InChI=1S/C21H18N4O4/c1-14(19-11-15-5-3-4-6-20(15)29-21(19)26)23-28-13-17-12-22-24-25(17)16-7-9-18(27-2)10-8-16/h3-12H,13H2,1-2H3. The Kier molecular flexibility index (Phi) is 5.07. The predicted octanol–water partition coefficient (Wildman–Crippen LogP) is 3.32. The Labute approximate surface area is 166 Å². The molecule has 8 nitrogen and oxygen atoms in total. The van der Waals surface area contributed by atoms with Crippen LogP contribution < -0.4 is 10.4 Å². The van der Waals surface area contributed by atoms with Gasteiger partial charge in [-0.2, -0.15) is 0 Å². The normalized spacial score (nSPS) is 11.6. The second-order valence-corrected chi connectivity index (χ2v) is 6.27. The maximum absolute atomic E-state index is 12.2. The zero-order valence-electron chi connectivity index (χ0n) is 15.9. The number of rotatable bonds is 6. The molecule has 0 amide bonds. The molecule has 0 unspecified atom stereocenters. The molecule has 0 radical (unpaired) electrons. The average Bonchev–Trinajstić information content (AvgIpc) is 3.21. The van der Waals surface area contributed by atoms with Crippen LogP contribution in [0.1, 0.15) is 18.2 Å². The van der Waals surface area contributed by atoms with Crippen LogP contribution in [0.15, 0.2) is 75.2 Å². The van der Waals surface area contributed by atoms with Crippen LogP contribution in [0.2, 0.25) is 0 Å². The Hall–Kier alpha value is -3.94. The first-order valence-corrected chi connectivity index (χ1v) is 8.89. The van der Waals surface area contributed by atoms with Crippen LogP contribution in [0.4, 0.5) is 0 Å². The first kappa shape index (κ1) is 18.4. The van der Waals surface area contributed by atoms with Crippen molar-refractivity contribution in [3.63, 3.8) is 0 Å². The minimum absolute atomic E-state index is 0.134. The number of benzene rings is 2. The largest absolute Gasteiger partial charge is 0.497 e. The molecular weight excluding hydrogens is 372 g/mol. The van der Waals surface area contributed by atoms with Gasteiger partial charge in [-0.3, -0.25) is 0 Å². The molecule has 0 atom stereocenters. The van der Waals surface area contributed by atoms with Crippen molar-refractivity contribution in [1.29, 1.82) is 0 Å². The van der Waals surface area contributed by atoms with Crippen molar-refractivity contribution in [3.8, 4) is 11.4 Å². The van der Waals surface area contributed by atoms with E-state index in [4.69, 9.17) is 14.0 Å². The average molecular weight is 390 g/mol. The second kappa shape index (κ2) is 7.97. The molecule has 0 aliphatic heterocycles. The van der Waals surface area contributed by atoms with Gasteiger partial charge < -0.3 is 14.0 Å². The number of ether oxygens (including phenoxy) is 1. The molecule has 0 saturated carbocycles. The van der Waals surface area contributed by atoms with Crippen LogP contribution >= 0.6 is 0 Å². The van der Waals surface area contributed by atoms with Gasteiger partial charge in [-0.25, -0.2) is 9.48 Å². The van der Waals surface area contributed by atoms with E-state index in [1.54, 1.807) is 37.0 Å². The number of methoxy groups -OCH3 is 1. The van der Waals surface area contributed by atoms with E-state index in [1.165, 1.54) is 0 Å². The zero-order chi connectivity index (χ0) is 20.2. The highest BCUT2D eigenvalue weighted by atomic mass is 16.6. The molecule has 8 heteroatoms. The predicted molar refractivity (Wildman–Crippen MR) is 107 cm³/mol. The molecule has 0 spiro atoms. The number of nitrogens with zero attached hydrogens (tertiary/aromatic N) is 4. The maximum atomic E-state index is 12.2. The molecule has 146 valence electrons. The molecule has 2 heterocycles. The SMILES string of the molecule is COc1ccc(-n2nncc2CON=C(C)c2cc3ccccc3oc2=O)cc1. The van der Waals surface area contributed by atoms with Gasteiger partial charge in [0.25, 0.3) is 0 Å². The van der Waals surface area contributed by atoms with Crippen LogP contribution in [0.3, 0.4) is 0 Å². The number of aromatic nitrogens is 3. The number of para-hydroxylation sites is 1. The third-order valence-corrected chi connectivity index (χ3v) is 4.38. The highest BCUT2D eigenvalue weighted by molar-refractivity contribution is 6.00. The van der Waals surface area contributed by atoms with Crippen molar-refractivity contribution in [3.05, 3.63) is 82.5 Å². The smallest absolute Gasteiger partial charge is 0.345 e. The van der Waals surface area contributed by atoms with Gasteiger partial charge in [0.2, 0.25) is 0 Å². The van der Waals surface area contributed by atoms with Crippen molar-refractivity contribution in [2.75, 3.05) is 7.11 Å². The van der Waals surface area contributed by atoms with E-state index >= 15 is 0 Å². The Balaban J connectivity index is 1.51. The number of hydrogen-bond donors (Lipinski definition) is 0. The van der Waals surface area contributed by atoms with Gasteiger partial charge in [-0.15, -0.1) is 5.10 Å². The summed E-state index contributed by atoms with van der Waals surface area (Å²) in [5, 5.41) is 12.9. The fourth-order valence-electron chi connectivity index (χ4n) is 2.85. The third-order valence-electron chi connectivity index (χ3n) is 4.38. The molecule has 2 aromatic carbocycles. The summed E-state index contributed by atoms with van der Waals surface area (Å²) in [5.41, 5.74) is 2.37. The fraction of sp³-hybridized carbons (Fsp3) is 0.143. The summed E-state index contributed by atoms with van der Waals surface area (Å²) in [6.07, 6.45) is 1.60. The van der Waals surface area contributed by atoms with Crippen LogP contribution in [-0.2, 0) is 11.4 Å². The molecule has 4 aromatic rings. The summed E-state index contributed by atoms with van der Waals surface area (Å²) in [6.45, 7) is 1.83. The van der Waals surface area contributed by atoms with E-state index in [2.05, 4.69) is 15.5 Å². The Morgan fingerprint density at radius 3 is 2.76 bits per heavy atom. The van der Waals surface area contributed by atoms with Crippen molar-refractivity contribution in [2.24, 2.45) is 5.16 Å². The van der Waals surface area contributed by atoms with Crippen molar-refractivity contribution < 1.29 is 14.0 Å². The van der Waals surface area contributed by atoms with E-state index in [0.29, 0.717) is 22.6 Å². The molecule has 0 bridgehead atoms. The van der Waals surface area contributed by atoms with Crippen molar-refractivity contribution in [2.45, 2.75) is 13.5 Å². The Bertz CT molecular complexity index is 1230. The Morgan fingerprint density at radius 1 is 1.17 bits per heavy atom. The molecule has 0 aliphatic carbocycles. The van der Waals surface area contributed by atoms with Gasteiger partial charge >= 0.3 is 5.63 Å². The molecule has 29 heavy (non-hydrogen) atoms. The fourth-order valence-corrected chi connectivity index (χ4v) is 2.85. The summed E-state index contributed by atoms with van der Waals surface area (Å²) < 4.78 is 12.1. The van der Waals surface area contributed by atoms with E-state index in [1.807, 2.05) is 42.5 Å². The Morgan fingerprint density at radius 2 is 1.97 bits per heavy atom. The molecular formula is C21H18N4O4. The highest BCUT2D eigenvalue weighted by Gasteiger charge is 2.10. The van der Waals surface area contributed by atoms with Gasteiger partial charge in [0.15, 0.2) is 6.61 Å². The quantitative estimate of drug-likeness (QED) is 0.285. The summed E-state index contributed by atoms with van der Waals surface area (Å²) in [6, 6.07) is 16.5. The van der Waals surface area contributed by atoms with Crippen LogP contribution in [-0.4, -0.2) is 27.8 Å². The lowest BCUT2D eigenvalue weighted by atomic mass is 10.1. The van der Waals surface area contributed by atoms with Gasteiger partial charge in [0, 0.05) is 5.39 Å². The molecule has 0 N–H and O–H groups in total. The van der Waals surface area contributed by atoms with Crippen LogP contribution in [0.5, 0.6) is 5.75 Å². The molecule has 0 fully saturated rings. The van der Waals surface area contributed by atoms with E-state index < -0.39 is 5.63 Å². The number of oxime groups is 1. The van der Waals surface area contributed by atoms with Gasteiger partial charge in [-0.1, -0.05) is 28.6 Å². The molecule has 4 rings (SSSR count). The van der Waals surface area contributed by atoms with E-state index in [9.17, 15) is 4.79 Å². The number of hydrogen-bond acceptors (Lipinski definition) is 7. The van der Waals surface area contributed by atoms with E-state index in [0.717, 1.165) is 16.8 Å². The number of fused-ring (bicyclic) bond motifs is 1. The second-order valence-electron chi connectivity index (χ2n) is 6.27. The monoisotopic (exact) mass is 390 g/mol. The first-order chi connectivity index (χ1) is 14.2. The van der Waals surface area contributed by atoms with Gasteiger partial charge in [0.1, 0.15) is 17.0 Å². The topological polar surface area (TPSA) is 91.7 Å². The summed E-state index contributed by atoms with van der Waals surface area (Å²) >= 11 is 0. The van der Waals surface area contributed by atoms with Gasteiger partial charge in [-0.05, 0) is 43.3 Å². The van der Waals surface area contributed by atoms with Crippen LogP contribution in [0.25, 0.3) is 16.7 Å². The first-order valence-electron chi connectivity index (χ1n) is 8.89. The maximum Gasteiger partial charge on any atom is 0.345 e. The van der Waals surface area contributed by atoms with E-state index in [-0.39, 0.29) is 6.61 Å². The summed E-state index contributed by atoms with van der Waals surface area (Å²) in [7, 11) is 1.61. The molecule has 0 saturated heterocycles. The molecule has 0 aliphatic rings. The van der Waals surface area contributed by atoms with Gasteiger partial charge in [0.05, 0.1) is 30.3 Å². The lowest BCUT2D eigenvalue weighted by molar-refractivity contribution is 0.126. The summed E-state index contributed by atoms with van der Waals surface area (Å²) in [4.78, 5) is 17.7. The third kappa shape index (κ3) is 3.86. The lowest BCUT2D eigenvalue weighted by Gasteiger charge is -2.07. The minimum atomic E-state index is -0.460. The molecule has 2 aromatic heterocycles. The van der Waals surface area contributed by atoms with Crippen LogP contribution in [0, 0.1) is 0 Å². The minimum Gasteiger partial charge on any atom is -0.497 e. The van der Waals surface area contributed by atoms with Crippen molar-refractivity contribution in [1.82, 2.24) is 15.0 Å².